The number of hydrogen-bond acceptors (Lipinski definition) is 9. The van der Waals surface area contributed by atoms with Crippen LogP contribution in [0.1, 0.15) is 277 Å². The third kappa shape index (κ3) is 38.5. The van der Waals surface area contributed by atoms with Crippen LogP contribution in [0, 0.1) is 0 Å². The molecule has 0 spiro atoms. The highest BCUT2D eigenvalue weighted by Gasteiger charge is 2.44. The molecule has 1 aliphatic rings. The molecule has 1 heterocycles. The maximum atomic E-state index is 12.9. The van der Waals surface area contributed by atoms with E-state index in [4.69, 9.17) is 18.9 Å². The second-order valence-electron chi connectivity index (χ2n) is 19.7. The Morgan fingerprint density at radius 3 is 1.25 bits per heavy atom. The number of carbonyl (C=O) groups is 1. The Bertz CT molecular complexity index is 1010. The first-order chi connectivity index (χ1) is 31.9. The monoisotopic (exact) mass is 925 g/mol. The number of carbonyl (C=O) groups excluding carboxylic acids is 1. The van der Waals surface area contributed by atoms with Gasteiger partial charge in [0.2, 0.25) is 0 Å². The van der Waals surface area contributed by atoms with Crippen LogP contribution in [0.5, 0.6) is 0 Å². The number of esters is 1. The molecule has 9 nitrogen and oxygen atoms in total. The van der Waals surface area contributed by atoms with Crippen molar-refractivity contribution in [1.82, 2.24) is 0 Å². The second-order valence-corrected chi connectivity index (χ2v) is 19.7. The number of aliphatic hydroxyl groups excluding tert-OH is 4. The van der Waals surface area contributed by atoms with Gasteiger partial charge in [0, 0.05) is 13.0 Å². The van der Waals surface area contributed by atoms with Crippen molar-refractivity contribution in [2.45, 2.75) is 314 Å². The Kier molecular flexibility index (Phi) is 45.7. The molecular weight excluding hydrogens is 817 g/mol. The maximum absolute atomic E-state index is 12.9. The van der Waals surface area contributed by atoms with E-state index in [0.717, 1.165) is 32.1 Å². The number of unbranched alkanes of at least 4 members (excludes halogenated alkanes) is 37. The second kappa shape index (κ2) is 48.0. The fraction of sp³-hybridized carbons (Fsp3) is 0.946. The zero-order chi connectivity index (χ0) is 47.1. The highest BCUT2D eigenvalue weighted by atomic mass is 16.7. The van der Waals surface area contributed by atoms with Gasteiger partial charge in [0.05, 0.1) is 19.8 Å². The summed E-state index contributed by atoms with van der Waals surface area (Å²) in [4.78, 5) is 12.9. The summed E-state index contributed by atoms with van der Waals surface area (Å²) in [5.74, 6) is -0.308. The van der Waals surface area contributed by atoms with Crippen molar-refractivity contribution in [2.75, 3.05) is 26.4 Å². The zero-order valence-electron chi connectivity index (χ0n) is 42.8. The molecule has 0 saturated carbocycles. The zero-order valence-corrected chi connectivity index (χ0v) is 42.8. The number of hydrogen-bond donors (Lipinski definition) is 4. The highest BCUT2D eigenvalue weighted by molar-refractivity contribution is 5.69. The molecule has 6 unspecified atom stereocenters. The molecule has 0 aliphatic carbocycles. The fourth-order valence-electron chi connectivity index (χ4n) is 9.02. The fourth-order valence-corrected chi connectivity index (χ4v) is 9.02. The summed E-state index contributed by atoms with van der Waals surface area (Å²) in [6.07, 6.45) is 49.7. The van der Waals surface area contributed by atoms with Crippen LogP contribution in [-0.2, 0) is 23.7 Å². The molecule has 1 fully saturated rings. The lowest BCUT2D eigenvalue weighted by Gasteiger charge is -2.39. The lowest BCUT2D eigenvalue weighted by Crippen LogP contribution is -2.59. The van der Waals surface area contributed by atoms with Crippen molar-refractivity contribution < 1.29 is 44.2 Å². The summed E-state index contributed by atoms with van der Waals surface area (Å²) >= 11 is 0. The molecule has 0 aromatic carbocycles. The summed E-state index contributed by atoms with van der Waals surface area (Å²) in [6.45, 7) is 4.63. The van der Waals surface area contributed by atoms with Crippen LogP contribution in [0.15, 0.2) is 12.2 Å². The van der Waals surface area contributed by atoms with E-state index in [1.807, 2.05) is 0 Å². The van der Waals surface area contributed by atoms with Gasteiger partial charge in [-0.3, -0.25) is 4.79 Å². The third-order valence-electron chi connectivity index (χ3n) is 13.4. The van der Waals surface area contributed by atoms with Gasteiger partial charge in [-0.2, -0.15) is 0 Å². The van der Waals surface area contributed by atoms with Gasteiger partial charge in [0.15, 0.2) is 6.29 Å². The van der Waals surface area contributed by atoms with Gasteiger partial charge >= 0.3 is 5.97 Å². The first kappa shape index (κ1) is 61.9. The Hall–Kier alpha value is -1.07. The topological polar surface area (TPSA) is 135 Å². The van der Waals surface area contributed by atoms with Gasteiger partial charge < -0.3 is 39.4 Å². The van der Waals surface area contributed by atoms with Crippen LogP contribution in [0.25, 0.3) is 0 Å². The first-order valence-corrected chi connectivity index (χ1v) is 28.3. The number of rotatable bonds is 50. The summed E-state index contributed by atoms with van der Waals surface area (Å²) in [6, 6.07) is 0. The van der Waals surface area contributed by atoms with E-state index < -0.39 is 43.4 Å². The molecule has 65 heavy (non-hydrogen) atoms. The highest BCUT2D eigenvalue weighted by Crippen LogP contribution is 2.23. The van der Waals surface area contributed by atoms with Crippen molar-refractivity contribution in [1.29, 1.82) is 0 Å². The lowest BCUT2D eigenvalue weighted by molar-refractivity contribution is -0.305. The van der Waals surface area contributed by atoms with Crippen molar-refractivity contribution >= 4 is 5.97 Å². The van der Waals surface area contributed by atoms with E-state index in [9.17, 15) is 25.2 Å². The van der Waals surface area contributed by atoms with E-state index in [-0.39, 0.29) is 19.2 Å². The predicted molar refractivity (Wildman–Crippen MR) is 270 cm³/mol. The van der Waals surface area contributed by atoms with Crippen LogP contribution in [0.3, 0.4) is 0 Å². The van der Waals surface area contributed by atoms with E-state index in [1.54, 1.807) is 0 Å². The standard InChI is InChI=1S/C56H108O9/c1-3-5-7-9-11-13-15-17-19-21-23-25-27-29-31-33-35-37-39-41-43-45-52(58)64-50(49-63-56-55(61)54(60)53(59)51(47-57)65-56)48-62-46-44-42-40-38-36-34-32-30-28-26-24-22-20-18-16-14-12-10-8-6-4-2/h21,23,50-51,53-57,59-61H,3-20,22,24-49H2,1-2H3/b23-21-. The van der Waals surface area contributed by atoms with Crippen LogP contribution in [0.4, 0.5) is 0 Å². The minimum Gasteiger partial charge on any atom is -0.457 e. The van der Waals surface area contributed by atoms with Crippen LogP contribution in [0.2, 0.25) is 0 Å². The van der Waals surface area contributed by atoms with Crippen molar-refractivity contribution in [3.63, 3.8) is 0 Å². The molecule has 6 atom stereocenters. The first-order valence-electron chi connectivity index (χ1n) is 28.3. The van der Waals surface area contributed by atoms with Crippen LogP contribution < -0.4 is 0 Å². The van der Waals surface area contributed by atoms with Crippen molar-refractivity contribution in [3.05, 3.63) is 12.2 Å². The maximum Gasteiger partial charge on any atom is 0.306 e. The average molecular weight is 925 g/mol. The predicted octanol–water partition coefficient (Wildman–Crippen LogP) is 14.3. The minimum absolute atomic E-state index is 0.108. The molecule has 4 N–H and O–H groups in total. The van der Waals surface area contributed by atoms with E-state index >= 15 is 0 Å². The quantitative estimate of drug-likeness (QED) is 0.0267. The van der Waals surface area contributed by atoms with Crippen molar-refractivity contribution in [3.8, 4) is 0 Å². The Labute approximate surface area is 401 Å². The molecule has 1 rings (SSSR count). The normalized spacial score (nSPS) is 19.4. The van der Waals surface area contributed by atoms with Crippen LogP contribution in [-0.4, -0.2) is 89.6 Å². The van der Waals surface area contributed by atoms with E-state index in [0.29, 0.717) is 13.0 Å². The van der Waals surface area contributed by atoms with Gasteiger partial charge in [0.25, 0.3) is 0 Å². The molecule has 1 saturated heterocycles. The minimum atomic E-state index is -1.53. The summed E-state index contributed by atoms with van der Waals surface area (Å²) < 4.78 is 23.0. The Morgan fingerprint density at radius 1 is 0.477 bits per heavy atom. The molecule has 0 radical (unpaired) electrons. The molecule has 0 aromatic heterocycles. The molecule has 1 aliphatic heterocycles. The van der Waals surface area contributed by atoms with E-state index in [1.165, 1.54) is 225 Å². The molecule has 9 heteroatoms. The number of ether oxygens (including phenoxy) is 4. The van der Waals surface area contributed by atoms with Gasteiger partial charge in [-0.05, 0) is 38.5 Å². The summed E-state index contributed by atoms with van der Waals surface area (Å²) in [7, 11) is 0. The van der Waals surface area contributed by atoms with Crippen LogP contribution >= 0.6 is 0 Å². The number of aliphatic hydroxyl groups is 4. The molecular formula is C56H108O9. The van der Waals surface area contributed by atoms with Gasteiger partial charge in [-0.15, -0.1) is 0 Å². The SMILES string of the molecule is CCCCCCCCCC/C=C\CCCCCCCCCCCC(=O)OC(COCCCCCCCCCCCCCCCCCCCCCCC)COC1OC(CO)C(O)C(O)C1O. The average Bonchev–Trinajstić information content (AvgIpc) is 3.31. The Balaban J connectivity index is 2.15. The van der Waals surface area contributed by atoms with Crippen molar-refractivity contribution in [2.24, 2.45) is 0 Å². The van der Waals surface area contributed by atoms with Gasteiger partial charge in [-0.25, -0.2) is 0 Å². The number of allylic oxidation sites excluding steroid dienone is 2. The molecule has 386 valence electrons. The van der Waals surface area contributed by atoms with Gasteiger partial charge in [-0.1, -0.05) is 244 Å². The largest absolute Gasteiger partial charge is 0.457 e. The van der Waals surface area contributed by atoms with Gasteiger partial charge in [0.1, 0.15) is 30.5 Å². The molecule has 0 amide bonds. The molecule has 0 aromatic rings. The van der Waals surface area contributed by atoms with E-state index in [2.05, 4.69) is 26.0 Å². The molecule has 0 bridgehead atoms. The lowest BCUT2D eigenvalue weighted by atomic mass is 9.99. The summed E-state index contributed by atoms with van der Waals surface area (Å²) in [5.41, 5.74) is 0. The smallest absolute Gasteiger partial charge is 0.306 e. The Morgan fingerprint density at radius 2 is 0.846 bits per heavy atom. The third-order valence-corrected chi connectivity index (χ3v) is 13.4. The summed E-state index contributed by atoms with van der Waals surface area (Å²) in [5, 5.41) is 40.3.